The fourth-order valence-electron chi connectivity index (χ4n) is 3.17. The summed E-state index contributed by atoms with van der Waals surface area (Å²) in [6, 6.07) is -0.385. The van der Waals surface area contributed by atoms with Gasteiger partial charge in [-0.1, -0.05) is 19.3 Å². The highest BCUT2D eigenvalue weighted by Gasteiger charge is 2.44. The number of nitrogens with one attached hydrogen (secondary N) is 2. The number of carboxylic acids is 1. The third-order valence-corrected chi connectivity index (χ3v) is 4.64. The van der Waals surface area contributed by atoms with Gasteiger partial charge in [-0.3, -0.25) is 9.59 Å². The second-order valence-electron chi connectivity index (χ2n) is 6.03. The van der Waals surface area contributed by atoms with Crippen molar-refractivity contribution in [1.29, 1.82) is 0 Å². The SMILES string of the molecule is CC1(C(=O)O)CCCCC1NC(=O)[C@@H]1CCCCN1. The number of carbonyl (C=O) groups is 2. The summed E-state index contributed by atoms with van der Waals surface area (Å²) >= 11 is 0. The highest BCUT2D eigenvalue weighted by atomic mass is 16.4. The molecule has 1 heterocycles. The van der Waals surface area contributed by atoms with Crippen molar-refractivity contribution in [3.8, 4) is 0 Å². The maximum absolute atomic E-state index is 12.2. The Bertz CT molecular complexity index is 353. The van der Waals surface area contributed by atoms with Crippen molar-refractivity contribution in [2.24, 2.45) is 5.41 Å². The van der Waals surface area contributed by atoms with Crippen LogP contribution in [0.2, 0.25) is 0 Å². The van der Waals surface area contributed by atoms with Gasteiger partial charge in [-0.2, -0.15) is 0 Å². The van der Waals surface area contributed by atoms with Crippen LogP contribution in [0.5, 0.6) is 0 Å². The number of piperidine rings is 1. The van der Waals surface area contributed by atoms with Crippen LogP contribution in [0, 0.1) is 5.41 Å². The lowest BCUT2D eigenvalue weighted by molar-refractivity contribution is -0.152. The molecule has 1 saturated heterocycles. The minimum atomic E-state index is -0.817. The molecule has 1 aliphatic heterocycles. The first-order valence-electron chi connectivity index (χ1n) is 7.31. The number of aliphatic carboxylic acids is 1. The molecular formula is C14H24N2O3. The van der Waals surface area contributed by atoms with Crippen molar-refractivity contribution < 1.29 is 14.7 Å². The Balaban J connectivity index is 1.99. The van der Waals surface area contributed by atoms with E-state index in [-0.39, 0.29) is 18.0 Å². The molecule has 2 fully saturated rings. The van der Waals surface area contributed by atoms with Crippen LogP contribution in [-0.4, -0.2) is 35.6 Å². The van der Waals surface area contributed by atoms with Crippen molar-refractivity contribution in [1.82, 2.24) is 10.6 Å². The molecule has 3 atom stereocenters. The first kappa shape index (κ1) is 14.3. The maximum Gasteiger partial charge on any atom is 0.311 e. The Hall–Kier alpha value is -1.10. The quantitative estimate of drug-likeness (QED) is 0.720. The zero-order valence-electron chi connectivity index (χ0n) is 11.6. The maximum atomic E-state index is 12.2. The summed E-state index contributed by atoms with van der Waals surface area (Å²) < 4.78 is 0. The van der Waals surface area contributed by atoms with Crippen molar-refractivity contribution in [2.45, 2.75) is 64.0 Å². The summed E-state index contributed by atoms with van der Waals surface area (Å²) in [5.41, 5.74) is -0.817. The van der Waals surface area contributed by atoms with Crippen molar-refractivity contribution in [3.63, 3.8) is 0 Å². The van der Waals surface area contributed by atoms with Gasteiger partial charge in [0.2, 0.25) is 5.91 Å². The van der Waals surface area contributed by atoms with Crippen LogP contribution in [0.3, 0.4) is 0 Å². The van der Waals surface area contributed by atoms with Crippen LogP contribution in [0.15, 0.2) is 0 Å². The topological polar surface area (TPSA) is 78.4 Å². The molecule has 2 unspecified atom stereocenters. The van der Waals surface area contributed by atoms with E-state index in [2.05, 4.69) is 10.6 Å². The Morgan fingerprint density at radius 3 is 2.58 bits per heavy atom. The van der Waals surface area contributed by atoms with Crippen molar-refractivity contribution >= 4 is 11.9 Å². The molecule has 0 aromatic rings. The average molecular weight is 268 g/mol. The van der Waals surface area contributed by atoms with E-state index < -0.39 is 11.4 Å². The lowest BCUT2D eigenvalue weighted by Gasteiger charge is -2.39. The summed E-state index contributed by atoms with van der Waals surface area (Å²) in [7, 11) is 0. The fraction of sp³-hybridized carbons (Fsp3) is 0.857. The number of hydrogen-bond acceptors (Lipinski definition) is 3. The number of carboxylic acid groups (broad SMARTS) is 1. The number of carbonyl (C=O) groups excluding carboxylic acids is 1. The van der Waals surface area contributed by atoms with Crippen LogP contribution < -0.4 is 10.6 Å². The second-order valence-corrected chi connectivity index (χ2v) is 6.03. The second kappa shape index (κ2) is 5.90. The predicted molar refractivity (Wildman–Crippen MR) is 71.8 cm³/mol. The van der Waals surface area contributed by atoms with E-state index in [0.717, 1.165) is 45.1 Å². The first-order chi connectivity index (χ1) is 9.04. The highest BCUT2D eigenvalue weighted by molar-refractivity contribution is 5.83. The Labute approximate surface area is 114 Å². The van der Waals surface area contributed by atoms with Crippen molar-refractivity contribution in [2.75, 3.05) is 6.54 Å². The Morgan fingerprint density at radius 2 is 1.95 bits per heavy atom. The van der Waals surface area contributed by atoms with E-state index in [4.69, 9.17) is 0 Å². The lowest BCUT2D eigenvalue weighted by atomic mass is 9.71. The zero-order valence-corrected chi connectivity index (χ0v) is 11.6. The van der Waals surface area contributed by atoms with Gasteiger partial charge in [0.1, 0.15) is 0 Å². The summed E-state index contributed by atoms with van der Waals surface area (Å²) in [4.78, 5) is 23.7. The van der Waals surface area contributed by atoms with Gasteiger partial charge >= 0.3 is 5.97 Å². The van der Waals surface area contributed by atoms with Gasteiger partial charge in [0.25, 0.3) is 0 Å². The molecule has 3 N–H and O–H groups in total. The Kier molecular flexibility index (Phi) is 4.45. The smallest absolute Gasteiger partial charge is 0.311 e. The van der Waals surface area contributed by atoms with E-state index in [1.807, 2.05) is 0 Å². The molecule has 1 amide bonds. The lowest BCUT2D eigenvalue weighted by Crippen LogP contribution is -2.56. The number of amides is 1. The first-order valence-corrected chi connectivity index (χ1v) is 7.31. The highest BCUT2D eigenvalue weighted by Crippen LogP contribution is 2.36. The van der Waals surface area contributed by atoms with E-state index in [9.17, 15) is 14.7 Å². The van der Waals surface area contributed by atoms with Crippen LogP contribution in [0.4, 0.5) is 0 Å². The standard InChI is InChI=1S/C14H24N2O3/c1-14(13(18)19)8-4-2-7-11(14)16-12(17)10-6-3-5-9-15-10/h10-11,15H,2-9H2,1H3,(H,16,17)(H,18,19)/t10-,11?,14?/m0/s1. The van der Waals surface area contributed by atoms with E-state index >= 15 is 0 Å². The molecule has 2 aliphatic rings. The molecule has 0 radical (unpaired) electrons. The zero-order chi connectivity index (χ0) is 13.9. The molecule has 1 aliphatic carbocycles. The van der Waals surface area contributed by atoms with Gasteiger partial charge in [-0.05, 0) is 39.2 Å². The largest absolute Gasteiger partial charge is 0.481 e. The van der Waals surface area contributed by atoms with Crippen LogP contribution in [0.25, 0.3) is 0 Å². The molecule has 19 heavy (non-hydrogen) atoms. The summed E-state index contributed by atoms with van der Waals surface area (Å²) in [6.45, 7) is 2.63. The normalized spacial score (nSPS) is 35.6. The minimum Gasteiger partial charge on any atom is -0.481 e. The molecule has 108 valence electrons. The monoisotopic (exact) mass is 268 g/mol. The van der Waals surface area contributed by atoms with Crippen LogP contribution in [0.1, 0.15) is 51.9 Å². The van der Waals surface area contributed by atoms with Crippen LogP contribution >= 0.6 is 0 Å². The summed E-state index contributed by atoms with van der Waals surface area (Å²) in [5, 5.41) is 15.6. The van der Waals surface area contributed by atoms with Gasteiger partial charge < -0.3 is 15.7 Å². The minimum absolute atomic E-state index is 0.0286. The fourth-order valence-corrected chi connectivity index (χ4v) is 3.17. The number of rotatable bonds is 3. The number of hydrogen-bond donors (Lipinski definition) is 3. The predicted octanol–water partition coefficient (Wildman–Crippen LogP) is 1.28. The van der Waals surface area contributed by atoms with Crippen LogP contribution in [-0.2, 0) is 9.59 Å². The molecule has 0 aromatic carbocycles. The molecule has 0 bridgehead atoms. The van der Waals surface area contributed by atoms with E-state index in [1.165, 1.54) is 0 Å². The Morgan fingerprint density at radius 1 is 1.21 bits per heavy atom. The van der Waals surface area contributed by atoms with E-state index in [0.29, 0.717) is 6.42 Å². The van der Waals surface area contributed by atoms with E-state index in [1.54, 1.807) is 6.92 Å². The van der Waals surface area contributed by atoms with Gasteiger partial charge in [0.05, 0.1) is 11.5 Å². The van der Waals surface area contributed by atoms with Gasteiger partial charge in [-0.25, -0.2) is 0 Å². The van der Waals surface area contributed by atoms with Gasteiger partial charge in [-0.15, -0.1) is 0 Å². The molecule has 1 saturated carbocycles. The third kappa shape index (κ3) is 3.08. The third-order valence-electron chi connectivity index (χ3n) is 4.64. The van der Waals surface area contributed by atoms with Gasteiger partial charge in [0.15, 0.2) is 0 Å². The summed E-state index contributed by atoms with van der Waals surface area (Å²) in [6.07, 6.45) is 6.35. The molecule has 0 aromatic heterocycles. The van der Waals surface area contributed by atoms with Crippen molar-refractivity contribution in [3.05, 3.63) is 0 Å². The molecule has 5 heteroatoms. The molecule has 5 nitrogen and oxygen atoms in total. The molecular weight excluding hydrogens is 244 g/mol. The molecule has 2 rings (SSSR count). The summed E-state index contributed by atoms with van der Waals surface area (Å²) in [5.74, 6) is -0.826. The van der Waals surface area contributed by atoms with Gasteiger partial charge in [0, 0.05) is 6.04 Å². The molecule has 0 spiro atoms. The average Bonchev–Trinajstić information content (AvgIpc) is 2.42.